The van der Waals surface area contributed by atoms with Crippen molar-refractivity contribution in [1.82, 2.24) is 15.7 Å². The summed E-state index contributed by atoms with van der Waals surface area (Å²) in [6, 6.07) is -0.708. The van der Waals surface area contributed by atoms with E-state index in [1.54, 1.807) is 47.8 Å². The third-order valence-electron chi connectivity index (χ3n) is 9.07. The van der Waals surface area contributed by atoms with E-state index in [1.807, 2.05) is 34.9 Å². The van der Waals surface area contributed by atoms with E-state index in [4.69, 9.17) is 23.8 Å². The van der Waals surface area contributed by atoms with E-state index in [0.29, 0.717) is 12.0 Å². The molecular formula is C32H55N3O9. The van der Waals surface area contributed by atoms with Gasteiger partial charge in [0.2, 0.25) is 0 Å². The van der Waals surface area contributed by atoms with Crippen LogP contribution in [0.5, 0.6) is 0 Å². The lowest BCUT2D eigenvalue weighted by Gasteiger charge is -2.47. The molecule has 252 valence electrons. The molecule has 0 spiro atoms. The Morgan fingerprint density at radius 1 is 1.05 bits per heavy atom. The van der Waals surface area contributed by atoms with Gasteiger partial charge in [0, 0.05) is 25.0 Å². The number of likely N-dealkylation sites (N-methyl/N-ethyl adjacent to an activating group) is 1. The van der Waals surface area contributed by atoms with Crippen LogP contribution < -0.4 is 10.8 Å². The predicted octanol–water partition coefficient (Wildman–Crippen LogP) is 3.43. The molecule has 2 aliphatic rings. The maximum atomic E-state index is 14.1. The van der Waals surface area contributed by atoms with Gasteiger partial charge < -0.3 is 29.2 Å². The number of hydroxylamine groups is 1. The molecule has 10 atom stereocenters. The van der Waals surface area contributed by atoms with E-state index < -0.39 is 65.3 Å². The van der Waals surface area contributed by atoms with Crippen LogP contribution in [-0.4, -0.2) is 99.1 Å². The first-order chi connectivity index (χ1) is 20.3. The Hall–Kier alpha value is -2.38. The fraction of sp³-hybridized carbons (Fsp3) is 0.812. The molecule has 2 rings (SSSR count). The second kappa shape index (κ2) is 15.3. The number of hydrogen-bond acceptors (Lipinski definition) is 10. The summed E-state index contributed by atoms with van der Waals surface area (Å²) in [6.45, 7) is 15.9. The minimum atomic E-state index is -1.47. The van der Waals surface area contributed by atoms with Gasteiger partial charge in [0.05, 0.1) is 19.3 Å². The summed E-state index contributed by atoms with van der Waals surface area (Å²) in [6.07, 6.45) is -0.315. The number of amides is 2. The fourth-order valence-corrected chi connectivity index (χ4v) is 6.66. The van der Waals surface area contributed by atoms with Crippen LogP contribution in [0.1, 0.15) is 75.2 Å². The van der Waals surface area contributed by atoms with Crippen molar-refractivity contribution in [3.8, 4) is 0 Å². The number of ketones is 2. The van der Waals surface area contributed by atoms with Crippen molar-refractivity contribution < 1.29 is 43.0 Å². The lowest BCUT2D eigenvalue weighted by Crippen LogP contribution is -2.58. The van der Waals surface area contributed by atoms with Crippen LogP contribution in [0.2, 0.25) is 0 Å². The highest BCUT2D eigenvalue weighted by molar-refractivity contribution is 6.00. The molecule has 0 radical (unpaired) electrons. The van der Waals surface area contributed by atoms with Gasteiger partial charge in [0.25, 0.3) is 0 Å². The molecule has 2 aliphatic heterocycles. The van der Waals surface area contributed by atoms with Crippen LogP contribution in [0, 0.1) is 23.2 Å². The third kappa shape index (κ3) is 8.87. The average Bonchev–Trinajstić information content (AvgIpc) is 2.92. The van der Waals surface area contributed by atoms with Gasteiger partial charge in [0.1, 0.15) is 23.7 Å². The number of cyclic esters (lactones) is 1. The Balaban J connectivity index is 2.64. The van der Waals surface area contributed by atoms with Gasteiger partial charge in [-0.3, -0.25) is 19.2 Å². The summed E-state index contributed by atoms with van der Waals surface area (Å²) in [5.74, 6) is -3.72. The summed E-state index contributed by atoms with van der Waals surface area (Å²) in [5, 5.41) is 2.71. The van der Waals surface area contributed by atoms with Crippen LogP contribution in [0.25, 0.3) is 0 Å². The predicted molar refractivity (Wildman–Crippen MR) is 164 cm³/mol. The van der Waals surface area contributed by atoms with Crippen molar-refractivity contribution in [2.24, 2.45) is 23.2 Å². The van der Waals surface area contributed by atoms with E-state index >= 15 is 0 Å². The molecule has 0 aromatic heterocycles. The van der Waals surface area contributed by atoms with Gasteiger partial charge in [-0.2, -0.15) is 0 Å². The first kappa shape index (κ1) is 37.8. The summed E-state index contributed by atoms with van der Waals surface area (Å²) >= 11 is 0. The second-order valence-corrected chi connectivity index (χ2v) is 13.6. The second-order valence-electron chi connectivity index (χ2n) is 13.6. The Morgan fingerprint density at radius 3 is 2.20 bits per heavy atom. The number of rotatable bonds is 6. The Morgan fingerprint density at radius 2 is 1.66 bits per heavy atom. The van der Waals surface area contributed by atoms with E-state index in [-0.39, 0.29) is 23.7 Å². The maximum Gasteiger partial charge on any atom is 0.339 e. The molecule has 0 saturated carbocycles. The number of methoxy groups -OCH3 is 1. The van der Waals surface area contributed by atoms with Gasteiger partial charge in [-0.15, -0.1) is 0 Å². The topological polar surface area (TPSA) is 142 Å². The third-order valence-corrected chi connectivity index (χ3v) is 9.07. The van der Waals surface area contributed by atoms with Crippen molar-refractivity contribution in [3.05, 3.63) is 11.6 Å². The molecule has 0 aromatic rings. The van der Waals surface area contributed by atoms with Gasteiger partial charge in [-0.25, -0.2) is 10.3 Å². The largest absolute Gasteiger partial charge is 0.458 e. The molecular weight excluding hydrogens is 570 g/mol. The minimum absolute atomic E-state index is 0.00248. The van der Waals surface area contributed by atoms with Gasteiger partial charge >= 0.3 is 12.0 Å². The normalized spacial score (nSPS) is 38.7. The zero-order valence-electron chi connectivity index (χ0n) is 28.8. The maximum absolute atomic E-state index is 14.1. The lowest BCUT2D eigenvalue weighted by atomic mass is 9.70. The van der Waals surface area contributed by atoms with E-state index in [2.05, 4.69) is 15.7 Å². The standard InChI is InChI=1S/C32H55N3O9/c1-17-16-32(9,33-30(39)34-41-13)26(37)18(2)15-31(7,8)27(20(4)24(36)21(5)28(38)43-22(17)6)44-29-25(40-12)23(35(10)11)14-19(3)42-29/h16,18-23,25,27,29H,14-15H2,1-13H3,(H2,33,34,39)/b17-16+/t18?,19-,20+,21-,22-,23?,25?,27?,29?,32?/m1/s1. The van der Waals surface area contributed by atoms with Crippen LogP contribution in [0.3, 0.4) is 0 Å². The number of Topliss-reactive ketones (excluding diaryl/α,β-unsaturated/α-hetero) is 2. The first-order valence-corrected chi connectivity index (χ1v) is 15.4. The molecule has 12 heteroatoms. The van der Waals surface area contributed by atoms with Crippen molar-refractivity contribution in [2.75, 3.05) is 28.3 Å². The molecule has 2 amide bonds. The molecule has 2 heterocycles. The van der Waals surface area contributed by atoms with Crippen LogP contribution >= 0.6 is 0 Å². The summed E-state index contributed by atoms with van der Waals surface area (Å²) in [5.41, 5.74) is 0.478. The van der Waals surface area contributed by atoms with Gasteiger partial charge in [-0.1, -0.05) is 27.7 Å². The number of nitrogens with one attached hydrogen (secondary N) is 2. The van der Waals surface area contributed by atoms with E-state index in [0.717, 1.165) is 6.42 Å². The summed E-state index contributed by atoms with van der Waals surface area (Å²) < 4.78 is 24.6. The van der Waals surface area contributed by atoms with Crippen LogP contribution in [0.15, 0.2) is 11.6 Å². The number of carbonyl (C=O) groups excluding carboxylic acids is 4. The van der Waals surface area contributed by atoms with Crippen molar-refractivity contribution in [1.29, 1.82) is 0 Å². The highest BCUT2D eigenvalue weighted by atomic mass is 16.7. The monoisotopic (exact) mass is 625 g/mol. The molecule has 1 saturated heterocycles. The SMILES string of the molecule is CONC(=O)NC1(C)/C=C(\C)[C@@H](C)OC(=O)[C@H](C)C(=O)[C@H](C)C(OC2O[C@H](C)CC(N(C)C)C2OC)C(C)(C)CC(C)C1=O. The Bertz CT molecular complexity index is 1080. The van der Waals surface area contributed by atoms with Crippen molar-refractivity contribution in [3.63, 3.8) is 0 Å². The minimum Gasteiger partial charge on any atom is -0.458 e. The molecule has 6 unspecified atom stereocenters. The molecule has 44 heavy (non-hydrogen) atoms. The number of ether oxygens (including phenoxy) is 4. The Kier molecular flexibility index (Phi) is 13.1. The van der Waals surface area contributed by atoms with Crippen molar-refractivity contribution >= 4 is 23.6 Å². The molecule has 0 aliphatic carbocycles. The zero-order valence-corrected chi connectivity index (χ0v) is 28.8. The zero-order chi connectivity index (χ0) is 33.7. The fourth-order valence-electron chi connectivity index (χ4n) is 6.66. The van der Waals surface area contributed by atoms with Crippen molar-refractivity contribution in [2.45, 2.75) is 117 Å². The Labute approximate surface area is 262 Å². The molecule has 0 aromatic carbocycles. The quantitative estimate of drug-likeness (QED) is 0.195. The molecule has 1 fully saturated rings. The average molecular weight is 626 g/mol. The van der Waals surface area contributed by atoms with Gasteiger partial charge in [0.15, 0.2) is 17.9 Å². The first-order valence-electron chi connectivity index (χ1n) is 15.4. The number of carbonyl (C=O) groups is 4. The number of nitrogens with zero attached hydrogens (tertiary/aromatic N) is 1. The summed E-state index contributed by atoms with van der Waals surface area (Å²) in [7, 11) is 6.84. The smallest absolute Gasteiger partial charge is 0.339 e. The number of esters is 1. The molecule has 2 N–H and O–H groups in total. The number of urea groups is 1. The van der Waals surface area contributed by atoms with E-state index in [9.17, 15) is 19.2 Å². The van der Waals surface area contributed by atoms with Crippen LogP contribution in [0.4, 0.5) is 4.79 Å². The van der Waals surface area contributed by atoms with Crippen LogP contribution in [-0.2, 0) is 38.2 Å². The highest BCUT2D eigenvalue weighted by Crippen LogP contribution is 2.40. The highest BCUT2D eigenvalue weighted by Gasteiger charge is 2.48. The molecule has 0 bridgehead atoms. The van der Waals surface area contributed by atoms with Gasteiger partial charge in [-0.05, 0) is 78.6 Å². The van der Waals surface area contributed by atoms with E-state index in [1.165, 1.54) is 14.0 Å². The summed E-state index contributed by atoms with van der Waals surface area (Å²) in [4.78, 5) is 60.6. The lowest BCUT2D eigenvalue weighted by molar-refractivity contribution is -0.289. The molecule has 12 nitrogen and oxygen atoms in total. The number of hydrogen-bond donors (Lipinski definition) is 2.